The number of piperidine rings is 1. The second-order valence-corrected chi connectivity index (χ2v) is 11.2. The van der Waals surface area contributed by atoms with E-state index in [0.717, 1.165) is 61.9 Å². The molecule has 7 heteroatoms. The van der Waals surface area contributed by atoms with Gasteiger partial charge in [0, 0.05) is 39.3 Å². The number of ketones is 1. The van der Waals surface area contributed by atoms with Crippen LogP contribution >= 0.6 is 0 Å². The molecule has 7 nitrogen and oxygen atoms in total. The van der Waals surface area contributed by atoms with Gasteiger partial charge in [0.2, 0.25) is 0 Å². The molecule has 2 aliphatic heterocycles. The Kier molecular flexibility index (Phi) is 8.35. The number of hydrogen-bond acceptors (Lipinski definition) is 6. The number of anilines is 1. The second-order valence-electron chi connectivity index (χ2n) is 11.2. The van der Waals surface area contributed by atoms with Crippen LogP contribution in [0.5, 0.6) is 0 Å². The minimum absolute atomic E-state index is 0.168. The molecule has 1 N–H and O–H groups in total. The Bertz CT molecular complexity index is 967. The summed E-state index contributed by atoms with van der Waals surface area (Å²) in [5, 5.41) is 9.16. The zero-order chi connectivity index (χ0) is 24.0. The molecule has 3 fully saturated rings. The van der Waals surface area contributed by atoms with Crippen LogP contribution in [0.15, 0.2) is 12.1 Å². The average Bonchev–Trinajstić information content (AvgIpc) is 3.19. The van der Waals surface area contributed by atoms with Crippen LogP contribution < -0.4 is 5.32 Å². The molecule has 1 aliphatic carbocycles. The molecule has 35 heavy (non-hydrogen) atoms. The fourth-order valence-corrected chi connectivity index (χ4v) is 6.25. The highest BCUT2D eigenvalue weighted by molar-refractivity contribution is 6.05. The lowest BCUT2D eigenvalue weighted by Crippen LogP contribution is -2.38. The third-order valence-corrected chi connectivity index (χ3v) is 8.45. The first-order valence-corrected chi connectivity index (χ1v) is 14.1. The quantitative estimate of drug-likeness (QED) is 0.548. The number of rotatable bonds is 7. The number of fused-ring (bicyclic) bond motifs is 1. The van der Waals surface area contributed by atoms with E-state index < -0.39 is 0 Å². The molecule has 0 bridgehead atoms. The summed E-state index contributed by atoms with van der Waals surface area (Å²) in [6.07, 6.45) is 14.2. The number of carbonyl (C=O) groups is 1. The Morgan fingerprint density at radius 2 is 1.69 bits per heavy atom. The predicted octanol–water partition coefficient (Wildman–Crippen LogP) is 5.20. The largest absolute Gasteiger partial charge is 0.381 e. The molecule has 0 atom stereocenters. The minimum atomic E-state index is 0.168. The minimum Gasteiger partial charge on any atom is -0.381 e. The van der Waals surface area contributed by atoms with Crippen molar-refractivity contribution in [3.05, 3.63) is 17.8 Å². The molecule has 2 aromatic rings. The molecule has 5 rings (SSSR count). The summed E-state index contributed by atoms with van der Waals surface area (Å²) in [4.78, 5) is 20.7. The number of ether oxygens (including phenoxy) is 1. The van der Waals surface area contributed by atoms with Crippen LogP contribution in [0.25, 0.3) is 11.0 Å². The molecule has 0 radical (unpaired) electrons. The van der Waals surface area contributed by atoms with E-state index >= 15 is 0 Å². The molecule has 192 valence electrons. The van der Waals surface area contributed by atoms with Gasteiger partial charge in [-0.15, -0.1) is 0 Å². The lowest BCUT2D eigenvalue weighted by atomic mass is 9.89. The first-order valence-electron chi connectivity index (χ1n) is 14.1. The first-order chi connectivity index (χ1) is 17.2. The van der Waals surface area contributed by atoms with Crippen molar-refractivity contribution in [2.45, 2.75) is 83.1 Å². The SMILES string of the molecule is Cn1nc(C(=O)CC2CCN(CC3CCOCC3)CC2)c2ccc(NC3CCCCCCC3)nc21. The smallest absolute Gasteiger partial charge is 0.184 e. The van der Waals surface area contributed by atoms with Crippen LogP contribution in [0.1, 0.15) is 87.5 Å². The Labute approximate surface area is 210 Å². The third-order valence-electron chi connectivity index (χ3n) is 8.45. The maximum atomic E-state index is 13.3. The molecule has 1 saturated carbocycles. The van der Waals surface area contributed by atoms with E-state index in [2.05, 4.69) is 15.3 Å². The van der Waals surface area contributed by atoms with Gasteiger partial charge >= 0.3 is 0 Å². The summed E-state index contributed by atoms with van der Waals surface area (Å²) in [6, 6.07) is 4.57. The van der Waals surface area contributed by atoms with Crippen molar-refractivity contribution in [3.8, 4) is 0 Å². The van der Waals surface area contributed by atoms with E-state index in [1.54, 1.807) is 4.68 Å². The van der Waals surface area contributed by atoms with Crippen molar-refractivity contribution < 1.29 is 9.53 Å². The highest BCUT2D eigenvalue weighted by atomic mass is 16.5. The predicted molar refractivity (Wildman–Crippen MR) is 140 cm³/mol. The van der Waals surface area contributed by atoms with Crippen molar-refractivity contribution in [1.29, 1.82) is 0 Å². The zero-order valence-electron chi connectivity index (χ0n) is 21.5. The fourth-order valence-electron chi connectivity index (χ4n) is 6.25. The van der Waals surface area contributed by atoms with Gasteiger partial charge in [0.25, 0.3) is 0 Å². The van der Waals surface area contributed by atoms with E-state index in [4.69, 9.17) is 9.72 Å². The zero-order valence-corrected chi connectivity index (χ0v) is 21.5. The number of aromatic nitrogens is 3. The van der Waals surface area contributed by atoms with Crippen molar-refractivity contribution in [1.82, 2.24) is 19.7 Å². The lowest BCUT2D eigenvalue weighted by Gasteiger charge is -2.35. The maximum Gasteiger partial charge on any atom is 0.184 e. The van der Waals surface area contributed by atoms with E-state index in [-0.39, 0.29) is 5.78 Å². The molecule has 0 amide bonds. The van der Waals surface area contributed by atoms with Crippen LogP contribution in [0, 0.1) is 11.8 Å². The third kappa shape index (κ3) is 6.42. The Morgan fingerprint density at radius 3 is 2.43 bits per heavy atom. The lowest BCUT2D eigenvalue weighted by molar-refractivity contribution is 0.0462. The molecule has 0 unspecified atom stereocenters. The normalized spacial score (nSPS) is 22.2. The van der Waals surface area contributed by atoms with E-state index in [1.165, 1.54) is 64.3 Å². The van der Waals surface area contributed by atoms with Gasteiger partial charge in [-0.1, -0.05) is 32.1 Å². The number of hydrogen-bond donors (Lipinski definition) is 1. The monoisotopic (exact) mass is 481 g/mol. The molecule has 3 aliphatic rings. The van der Waals surface area contributed by atoms with Crippen molar-refractivity contribution in [3.63, 3.8) is 0 Å². The number of Topliss-reactive ketones (excluding diaryl/α,β-unsaturated/α-hetero) is 1. The van der Waals surface area contributed by atoms with Crippen LogP contribution in [-0.4, -0.2) is 64.3 Å². The Morgan fingerprint density at radius 1 is 0.971 bits per heavy atom. The number of nitrogens with one attached hydrogen (secondary N) is 1. The van der Waals surface area contributed by atoms with E-state index in [0.29, 0.717) is 24.1 Å². The number of likely N-dealkylation sites (tertiary alicyclic amines) is 1. The second kappa shape index (κ2) is 11.8. The maximum absolute atomic E-state index is 13.3. The van der Waals surface area contributed by atoms with Crippen LogP contribution in [-0.2, 0) is 11.8 Å². The first kappa shape index (κ1) is 24.7. The highest BCUT2D eigenvalue weighted by Gasteiger charge is 2.26. The van der Waals surface area contributed by atoms with Gasteiger partial charge in [-0.3, -0.25) is 4.79 Å². The van der Waals surface area contributed by atoms with Gasteiger partial charge in [0.1, 0.15) is 11.5 Å². The number of pyridine rings is 1. The van der Waals surface area contributed by atoms with Gasteiger partial charge in [0.15, 0.2) is 11.4 Å². The fraction of sp³-hybridized carbons (Fsp3) is 0.750. The standard InChI is InChI=1S/C28H43N5O2/c1-32-28-24(9-10-26(30-28)29-23-7-5-3-2-4-6-8-23)27(31-32)25(34)19-21-11-15-33(16-12-21)20-22-13-17-35-18-14-22/h9-10,21-23H,2-8,11-20H2,1H3,(H,29,30). The van der Waals surface area contributed by atoms with Gasteiger partial charge in [-0.2, -0.15) is 5.10 Å². The van der Waals surface area contributed by atoms with Gasteiger partial charge < -0.3 is 15.0 Å². The van der Waals surface area contributed by atoms with Crippen LogP contribution in [0.4, 0.5) is 5.82 Å². The topological polar surface area (TPSA) is 72.3 Å². The summed E-state index contributed by atoms with van der Waals surface area (Å²) in [7, 11) is 1.90. The highest BCUT2D eigenvalue weighted by Crippen LogP contribution is 2.27. The van der Waals surface area contributed by atoms with Crippen molar-refractivity contribution in [2.75, 3.05) is 38.2 Å². The van der Waals surface area contributed by atoms with Gasteiger partial charge in [-0.05, 0) is 75.6 Å². The average molecular weight is 482 g/mol. The summed E-state index contributed by atoms with van der Waals surface area (Å²) < 4.78 is 7.28. The van der Waals surface area contributed by atoms with Gasteiger partial charge in [0.05, 0.1) is 5.39 Å². The molecule has 4 heterocycles. The molecular weight excluding hydrogens is 438 g/mol. The van der Waals surface area contributed by atoms with E-state index in [9.17, 15) is 4.79 Å². The number of aryl methyl sites for hydroxylation is 1. The summed E-state index contributed by atoms with van der Waals surface area (Å²) in [5.41, 5.74) is 1.40. The summed E-state index contributed by atoms with van der Waals surface area (Å²) in [5.74, 6) is 2.31. The number of carbonyl (C=O) groups excluding carboxylic acids is 1. The van der Waals surface area contributed by atoms with Gasteiger partial charge in [-0.25, -0.2) is 9.67 Å². The molecular formula is C28H43N5O2. The molecule has 2 aromatic heterocycles. The Hall–Kier alpha value is -1.99. The van der Waals surface area contributed by atoms with Crippen LogP contribution in [0.3, 0.4) is 0 Å². The molecule has 0 aromatic carbocycles. The molecule has 2 saturated heterocycles. The van der Waals surface area contributed by atoms with Crippen molar-refractivity contribution in [2.24, 2.45) is 18.9 Å². The van der Waals surface area contributed by atoms with Crippen molar-refractivity contribution >= 4 is 22.6 Å². The molecule has 0 spiro atoms. The number of nitrogens with zero attached hydrogens (tertiary/aromatic N) is 4. The van der Waals surface area contributed by atoms with E-state index in [1.807, 2.05) is 19.2 Å². The summed E-state index contributed by atoms with van der Waals surface area (Å²) in [6.45, 7) is 5.24. The summed E-state index contributed by atoms with van der Waals surface area (Å²) >= 11 is 0. The van der Waals surface area contributed by atoms with Crippen LogP contribution in [0.2, 0.25) is 0 Å². The Balaban J connectivity index is 1.17.